The van der Waals surface area contributed by atoms with Crippen LogP contribution in [-0.2, 0) is 16.0 Å². The van der Waals surface area contributed by atoms with Crippen molar-refractivity contribution in [3.8, 4) is 0 Å². The molecule has 3 aromatic rings. The molecule has 1 aliphatic heterocycles. The van der Waals surface area contributed by atoms with Crippen molar-refractivity contribution in [2.45, 2.75) is 20.4 Å². The average Bonchev–Trinajstić information content (AvgIpc) is 3.14. The SMILES string of the molecule is CCOC(=O)c1c(C)nc2n(CCN3CCOCC3)c3ccccc3n12.Cl.Cl. The maximum absolute atomic E-state index is 12.5. The number of fused-ring (bicyclic) bond motifs is 3. The van der Waals surface area contributed by atoms with Crippen molar-refractivity contribution in [3.05, 3.63) is 35.7 Å². The van der Waals surface area contributed by atoms with Gasteiger partial charge in [-0.3, -0.25) is 9.30 Å². The van der Waals surface area contributed by atoms with E-state index in [1.807, 2.05) is 36.4 Å². The van der Waals surface area contributed by atoms with Crippen molar-refractivity contribution >= 4 is 47.6 Å². The number of benzene rings is 1. The van der Waals surface area contributed by atoms with E-state index < -0.39 is 0 Å². The Morgan fingerprint density at radius 2 is 1.82 bits per heavy atom. The molecule has 0 bridgehead atoms. The molecular weight excluding hydrogens is 403 g/mol. The molecule has 2 aromatic heterocycles. The number of hydrogen-bond donors (Lipinski definition) is 0. The van der Waals surface area contributed by atoms with Gasteiger partial charge in [0.25, 0.3) is 0 Å². The highest BCUT2D eigenvalue weighted by Gasteiger charge is 2.23. The molecule has 28 heavy (non-hydrogen) atoms. The fraction of sp³-hybridized carbons (Fsp3) is 0.474. The Morgan fingerprint density at radius 3 is 2.50 bits per heavy atom. The van der Waals surface area contributed by atoms with Crippen LogP contribution in [0.3, 0.4) is 0 Å². The molecule has 0 radical (unpaired) electrons. The topological polar surface area (TPSA) is 61.0 Å². The number of rotatable bonds is 5. The summed E-state index contributed by atoms with van der Waals surface area (Å²) in [6.07, 6.45) is 0. The first-order chi connectivity index (χ1) is 12.7. The normalized spacial score (nSPS) is 14.6. The van der Waals surface area contributed by atoms with Gasteiger partial charge in [-0.15, -0.1) is 24.8 Å². The van der Waals surface area contributed by atoms with Crippen LogP contribution in [0, 0.1) is 6.92 Å². The van der Waals surface area contributed by atoms with Crippen LogP contribution in [0.15, 0.2) is 24.3 Å². The number of carbonyl (C=O) groups is 1. The van der Waals surface area contributed by atoms with Gasteiger partial charge in [-0.05, 0) is 26.0 Å². The van der Waals surface area contributed by atoms with E-state index in [-0.39, 0.29) is 30.8 Å². The van der Waals surface area contributed by atoms with Crippen LogP contribution in [0.25, 0.3) is 16.8 Å². The second-order valence-electron chi connectivity index (χ2n) is 6.50. The minimum atomic E-state index is -0.325. The van der Waals surface area contributed by atoms with E-state index in [1.165, 1.54) is 0 Å². The van der Waals surface area contributed by atoms with Gasteiger partial charge >= 0.3 is 5.97 Å². The number of halogens is 2. The molecule has 1 aliphatic rings. The molecule has 1 saturated heterocycles. The van der Waals surface area contributed by atoms with Gasteiger partial charge in [-0.1, -0.05) is 12.1 Å². The number of morpholine rings is 1. The predicted molar refractivity (Wildman–Crippen MR) is 113 cm³/mol. The lowest BCUT2D eigenvalue weighted by Gasteiger charge is -2.26. The second kappa shape index (κ2) is 9.60. The maximum Gasteiger partial charge on any atom is 0.357 e. The first-order valence-corrected chi connectivity index (χ1v) is 9.14. The molecule has 0 saturated carbocycles. The van der Waals surface area contributed by atoms with Crippen molar-refractivity contribution in [2.75, 3.05) is 39.5 Å². The van der Waals surface area contributed by atoms with Gasteiger partial charge < -0.3 is 14.0 Å². The molecule has 0 unspecified atom stereocenters. The Labute approximate surface area is 176 Å². The van der Waals surface area contributed by atoms with E-state index in [2.05, 4.69) is 15.5 Å². The van der Waals surface area contributed by atoms with E-state index in [0.29, 0.717) is 18.0 Å². The number of carbonyl (C=O) groups excluding carboxylic acids is 1. The van der Waals surface area contributed by atoms with E-state index >= 15 is 0 Å². The Bertz CT molecular complexity index is 948. The number of imidazole rings is 2. The van der Waals surface area contributed by atoms with Crippen molar-refractivity contribution in [3.63, 3.8) is 0 Å². The standard InChI is InChI=1S/C19H24N4O3.2ClH/c1-3-26-18(24)17-14(2)20-19-22(9-8-21-10-12-25-13-11-21)15-6-4-5-7-16(15)23(17)19;;/h4-7H,3,8-13H2,1-2H3;2*1H. The molecule has 3 heterocycles. The van der Waals surface area contributed by atoms with E-state index in [4.69, 9.17) is 14.5 Å². The van der Waals surface area contributed by atoms with Crippen molar-refractivity contribution in [1.82, 2.24) is 18.9 Å². The van der Waals surface area contributed by atoms with Crippen LogP contribution in [0.5, 0.6) is 0 Å². The summed E-state index contributed by atoms with van der Waals surface area (Å²) in [5, 5.41) is 0. The fourth-order valence-electron chi connectivity index (χ4n) is 3.64. The highest BCUT2D eigenvalue weighted by molar-refractivity contribution is 5.93. The van der Waals surface area contributed by atoms with Crippen LogP contribution < -0.4 is 0 Å². The van der Waals surface area contributed by atoms with Gasteiger partial charge in [-0.2, -0.15) is 0 Å². The smallest absolute Gasteiger partial charge is 0.357 e. The lowest BCUT2D eigenvalue weighted by Crippen LogP contribution is -2.38. The Balaban J connectivity index is 0.00000140. The number of hydrogen-bond acceptors (Lipinski definition) is 5. The highest BCUT2D eigenvalue weighted by Crippen LogP contribution is 2.25. The lowest BCUT2D eigenvalue weighted by molar-refractivity contribution is 0.0366. The van der Waals surface area contributed by atoms with Crippen molar-refractivity contribution < 1.29 is 14.3 Å². The molecule has 0 N–H and O–H groups in total. The summed E-state index contributed by atoms with van der Waals surface area (Å²) < 4.78 is 14.8. The van der Waals surface area contributed by atoms with Crippen LogP contribution >= 0.6 is 24.8 Å². The Morgan fingerprint density at radius 1 is 1.14 bits per heavy atom. The van der Waals surface area contributed by atoms with Gasteiger partial charge in [0, 0.05) is 26.2 Å². The van der Waals surface area contributed by atoms with Crippen LogP contribution in [0.1, 0.15) is 23.1 Å². The zero-order valence-corrected chi connectivity index (χ0v) is 17.7. The van der Waals surface area contributed by atoms with E-state index in [9.17, 15) is 4.79 Å². The monoisotopic (exact) mass is 428 g/mol. The summed E-state index contributed by atoms with van der Waals surface area (Å²) in [5.74, 6) is 0.466. The van der Waals surface area contributed by atoms with Crippen molar-refractivity contribution in [2.24, 2.45) is 0 Å². The molecule has 7 nitrogen and oxygen atoms in total. The Kier molecular flexibility index (Phi) is 7.71. The molecule has 9 heteroatoms. The molecule has 154 valence electrons. The third kappa shape index (κ3) is 3.98. The first kappa shape index (κ1) is 22.5. The van der Waals surface area contributed by atoms with Gasteiger partial charge in [0.2, 0.25) is 5.78 Å². The number of nitrogens with zero attached hydrogens (tertiary/aromatic N) is 4. The fourth-order valence-corrected chi connectivity index (χ4v) is 3.64. The third-order valence-electron chi connectivity index (χ3n) is 4.90. The van der Waals surface area contributed by atoms with Gasteiger partial charge in [0.15, 0.2) is 5.69 Å². The summed E-state index contributed by atoms with van der Waals surface area (Å²) in [4.78, 5) is 19.6. The maximum atomic E-state index is 12.5. The molecule has 0 amide bonds. The highest BCUT2D eigenvalue weighted by atomic mass is 35.5. The predicted octanol–water partition coefficient (Wildman–Crippen LogP) is 2.95. The number of aryl methyl sites for hydroxylation is 1. The zero-order chi connectivity index (χ0) is 18.1. The number of ether oxygens (including phenoxy) is 2. The van der Waals surface area contributed by atoms with Gasteiger partial charge in [-0.25, -0.2) is 9.78 Å². The first-order valence-electron chi connectivity index (χ1n) is 9.14. The Hall–Kier alpha value is -1.80. The number of aromatic nitrogens is 3. The van der Waals surface area contributed by atoms with Crippen LogP contribution in [0.4, 0.5) is 0 Å². The summed E-state index contributed by atoms with van der Waals surface area (Å²) in [7, 11) is 0. The molecule has 0 aliphatic carbocycles. The van der Waals surface area contributed by atoms with Gasteiger partial charge in [0.1, 0.15) is 0 Å². The largest absolute Gasteiger partial charge is 0.461 e. The van der Waals surface area contributed by atoms with Crippen LogP contribution in [0.2, 0.25) is 0 Å². The van der Waals surface area contributed by atoms with Gasteiger partial charge in [0.05, 0.1) is 36.5 Å². The number of para-hydroxylation sites is 2. The minimum Gasteiger partial charge on any atom is -0.461 e. The van der Waals surface area contributed by atoms with Crippen molar-refractivity contribution in [1.29, 1.82) is 0 Å². The molecular formula is C19H26Cl2N4O3. The summed E-state index contributed by atoms with van der Waals surface area (Å²) in [6.45, 7) is 9.26. The quantitative estimate of drug-likeness (QED) is 0.584. The molecule has 4 rings (SSSR count). The van der Waals surface area contributed by atoms with E-state index in [0.717, 1.165) is 56.2 Å². The second-order valence-corrected chi connectivity index (χ2v) is 6.50. The molecule has 0 atom stereocenters. The van der Waals surface area contributed by atoms with E-state index in [1.54, 1.807) is 0 Å². The van der Waals surface area contributed by atoms with Crippen LogP contribution in [-0.4, -0.2) is 64.3 Å². The lowest BCUT2D eigenvalue weighted by atomic mass is 10.3. The zero-order valence-electron chi connectivity index (χ0n) is 16.1. The molecule has 0 spiro atoms. The molecule has 1 aromatic carbocycles. The summed E-state index contributed by atoms with van der Waals surface area (Å²) in [6, 6.07) is 8.10. The number of esters is 1. The third-order valence-corrected chi connectivity index (χ3v) is 4.90. The average molecular weight is 429 g/mol. The summed E-state index contributed by atoms with van der Waals surface area (Å²) in [5.41, 5.74) is 3.27. The minimum absolute atomic E-state index is 0. The molecule has 1 fully saturated rings. The summed E-state index contributed by atoms with van der Waals surface area (Å²) >= 11 is 0.